The van der Waals surface area contributed by atoms with E-state index in [9.17, 15) is 4.79 Å². The van der Waals surface area contributed by atoms with Crippen molar-refractivity contribution in [3.8, 4) is 5.75 Å². The number of ether oxygens (including phenoxy) is 1. The van der Waals surface area contributed by atoms with Crippen molar-refractivity contribution in [1.29, 1.82) is 0 Å². The minimum atomic E-state index is -0.986. The molecule has 0 aliphatic heterocycles. The number of carboxylic acid groups (broad SMARTS) is 1. The van der Waals surface area contributed by atoms with Crippen molar-refractivity contribution in [2.24, 2.45) is 5.73 Å². The number of carbonyl (C=O) groups is 1. The zero-order valence-corrected chi connectivity index (χ0v) is 11.1. The van der Waals surface area contributed by atoms with Gasteiger partial charge in [-0.15, -0.1) is 0 Å². The fourth-order valence-electron chi connectivity index (χ4n) is 1.58. The van der Waals surface area contributed by atoms with Crippen molar-refractivity contribution < 1.29 is 14.6 Å². The number of nitrogens with two attached hydrogens (primary N) is 1. The van der Waals surface area contributed by atoms with Crippen molar-refractivity contribution >= 4 is 5.97 Å². The van der Waals surface area contributed by atoms with Crippen molar-refractivity contribution in [3.63, 3.8) is 0 Å². The lowest BCUT2D eigenvalue weighted by Crippen LogP contribution is -2.29. The number of hydrogen-bond acceptors (Lipinski definition) is 3. The maximum atomic E-state index is 10.9. The van der Waals surface area contributed by atoms with Gasteiger partial charge in [0.15, 0.2) is 6.10 Å². The van der Waals surface area contributed by atoms with E-state index in [1.807, 2.05) is 12.1 Å². The molecule has 0 saturated heterocycles. The molecule has 0 radical (unpaired) electrons. The molecule has 0 aliphatic rings. The maximum Gasteiger partial charge on any atom is 0.344 e. The van der Waals surface area contributed by atoms with Crippen LogP contribution in [0.15, 0.2) is 24.3 Å². The van der Waals surface area contributed by atoms with Crippen molar-refractivity contribution in [2.75, 3.05) is 6.54 Å². The first-order chi connectivity index (χ1) is 8.34. The van der Waals surface area contributed by atoms with Gasteiger partial charge in [0.25, 0.3) is 0 Å². The van der Waals surface area contributed by atoms with E-state index in [2.05, 4.69) is 20.8 Å². The lowest BCUT2D eigenvalue weighted by Gasteiger charge is -2.20. The summed E-state index contributed by atoms with van der Waals surface area (Å²) in [6.07, 6.45) is -0.577. The predicted octanol–water partition coefficient (Wildman–Crippen LogP) is 2.16. The summed E-state index contributed by atoms with van der Waals surface area (Å²) in [5, 5.41) is 8.97. The highest BCUT2D eigenvalue weighted by Crippen LogP contribution is 2.24. The lowest BCUT2D eigenvalue weighted by atomic mass is 9.87. The maximum absolute atomic E-state index is 10.9. The molecule has 3 N–H and O–H groups in total. The SMILES string of the molecule is CC(C)(C)c1ccc(OC(CCN)C(=O)O)cc1. The third-order valence-electron chi connectivity index (χ3n) is 2.70. The number of aliphatic carboxylic acids is 1. The Kier molecular flexibility index (Phi) is 4.73. The molecule has 18 heavy (non-hydrogen) atoms. The Balaban J connectivity index is 2.76. The van der Waals surface area contributed by atoms with E-state index in [1.165, 1.54) is 5.56 Å². The highest BCUT2D eigenvalue weighted by atomic mass is 16.5. The minimum absolute atomic E-state index is 0.0714. The molecule has 0 heterocycles. The smallest absolute Gasteiger partial charge is 0.344 e. The molecular formula is C14H21NO3. The van der Waals surface area contributed by atoms with E-state index in [0.717, 1.165) is 0 Å². The van der Waals surface area contributed by atoms with Crippen LogP contribution in [0, 0.1) is 0 Å². The number of hydrogen-bond donors (Lipinski definition) is 2. The molecule has 0 aliphatic carbocycles. The average Bonchev–Trinajstić information content (AvgIpc) is 2.28. The van der Waals surface area contributed by atoms with Gasteiger partial charge in [0.05, 0.1) is 0 Å². The van der Waals surface area contributed by atoms with Crippen LogP contribution < -0.4 is 10.5 Å². The summed E-state index contributed by atoms with van der Waals surface area (Å²) in [5.74, 6) is -0.427. The molecule has 0 bridgehead atoms. The van der Waals surface area contributed by atoms with E-state index in [-0.39, 0.29) is 12.0 Å². The Morgan fingerprint density at radius 3 is 2.28 bits per heavy atom. The van der Waals surface area contributed by atoms with E-state index in [4.69, 9.17) is 15.6 Å². The van der Waals surface area contributed by atoms with E-state index in [1.54, 1.807) is 12.1 Å². The Hall–Kier alpha value is -1.55. The summed E-state index contributed by atoms with van der Waals surface area (Å²) < 4.78 is 5.40. The van der Waals surface area contributed by atoms with Crippen molar-refractivity contribution in [2.45, 2.75) is 38.7 Å². The summed E-state index contributed by atoms with van der Waals surface area (Å²) in [4.78, 5) is 10.9. The van der Waals surface area contributed by atoms with Gasteiger partial charge >= 0.3 is 5.97 Å². The Morgan fingerprint density at radius 2 is 1.89 bits per heavy atom. The van der Waals surface area contributed by atoms with E-state index < -0.39 is 12.1 Å². The molecule has 0 spiro atoms. The van der Waals surface area contributed by atoms with Gasteiger partial charge in [0, 0.05) is 6.42 Å². The molecule has 0 fully saturated rings. The normalized spacial score (nSPS) is 13.1. The van der Waals surface area contributed by atoms with Gasteiger partial charge in [-0.3, -0.25) is 0 Å². The Labute approximate surface area is 108 Å². The molecule has 0 saturated carbocycles. The first-order valence-electron chi connectivity index (χ1n) is 6.04. The van der Waals surface area contributed by atoms with Crippen LogP contribution >= 0.6 is 0 Å². The fraction of sp³-hybridized carbons (Fsp3) is 0.500. The van der Waals surface area contributed by atoms with Crippen LogP contribution in [0.1, 0.15) is 32.8 Å². The molecule has 0 aromatic heterocycles. The molecule has 1 aromatic rings. The second-order valence-corrected chi connectivity index (χ2v) is 5.30. The number of benzene rings is 1. The van der Waals surface area contributed by atoms with Crippen LogP contribution in [-0.4, -0.2) is 23.7 Å². The van der Waals surface area contributed by atoms with Gasteiger partial charge in [-0.25, -0.2) is 4.79 Å². The lowest BCUT2D eigenvalue weighted by molar-refractivity contribution is -0.145. The van der Waals surface area contributed by atoms with Gasteiger partial charge in [0.1, 0.15) is 5.75 Å². The van der Waals surface area contributed by atoms with Gasteiger partial charge in [-0.1, -0.05) is 32.9 Å². The van der Waals surface area contributed by atoms with Crippen LogP contribution in [0.3, 0.4) is 0 Å². The predicted molar refractivity (Wildman–Crippen MR) is 70.9 cm³/mol. The van der Waals surface area contributed by atoms with Crippen LogP contribution in [0.2, 0.25) is 0 Å². The molecule has 0 amide bonds. The molecule has 1 atom stereocenters. The third-order valence-corrected chi connectivity index (χ3v) is 2.70. The molecule has 1 aromatic carbocycles. The monoisotopic (exact) mass is 251 g/mol. The first-order valence-corrected chi connectivity index (χ1v) is 6.04. The molecule has 1 unspecified atom stereocenters. The standard InChI is InChI=1S/C14H21NO3/c1-14(2,3)10-4-6-11(7-5-10)18-12(8-9-15)13(16)17/h4-7,12H,8-9,15H2,1-3H3,(H,16,17). The average molecular weight is 251 g/mol. The highest BCUT2D eigenvalue weighted by Gasteiger charge is 2.19. The summed E-state index contributed by atoms with van der Waals surface area (Å²) in [6.45, 7) is 6.66. The molecule has 1 rings (SSSR count). The Morgan fingerprint density at radius 1 is 1.33 bits per heavy atom. The van der Waals surface area contributed by atoms with Crippen LogP contribution in [0.25, 0.3) is 0 Å². The minimum Gasteiger partial charge on any atom is -0.479 e. The second-order valence-electron chi connectivity index (χ2n) is 5.30. The Bertz CT molecular complexity index is 392. The molecule has 4 nitrogen and oxygen atoms in total. The summed E-state index contributed by atoms with van der Waals surface area (Å²) in [6, 6.07) is 7.51. The van der Waals surface area contributed by atoms with Gasteiger partial charge < -0.3 is 15.6 Å². The van der Waals surface area contributed by atoms with Gasteiger partial charge in [0.2, 0.25) is 0 Å². The van der Waals surface area contributed by atoms with Crippen molar-refractivity contribution in [3.05, 3.63) is 29.8 Å². The highest BCUT2D eigenvalue weighted by molar-refractivity contribution is 5.72. The second kappa shape index (κ2) is 5.87. The number of rotatable bonds is 5. The zero-order chi connectivity index (χ0) is 13.8. The fourth-order valence-corrected chi connectivity index (χ4v) is 1.58. The third kappa shape index (κ3) is 4.04. The largest absolute Gasteiger partial charge is 0.479 e. The molecule has 4 heteroatoms. The topological polar surface area (TPSA) is 72.5 Å². The molecule has 100 valence electrons. The summed E-state index contributed by atoms with van der Waals surface area (Å²) >= 11 is 0. The summed E-state index contributed by atoms with van der Waals surface area (Å²) in [5.41, 5.74) is 6.61. The van der Waals surface area contributed by atoms with Crippen LogP contribution in [-0.2, 0) is 10.2 Å². The van der Waals surface area contributed by atoms with Gasteiger partial charge in [-0.05, 0) is 29.7 Å². The molecular weight excluding hydrogens is 230 g/mol. The van der Waals surface area contributed by atoms with Gasteiger partial charge in [-0.2, -0.15) is 0 Å². The first kappa shape index (κ1) is 14.5. The van der Waals surface area contributed by atoms with E-state index >= 15 is 0 Å². The zero-order valence-electron chi connectivity index (χ0n) is 11.1. The van der Waals surface area contributed by atoms with E-state index in [0.29, 0.717) is 12.2 Å². The quantitative estimate of drug-likeness (QED) is 0.841. The van der Waals surface area contributed by atoms with Crippen LogP contribution in [0.5, 0.6) is 5.75 Å². The van der Waals surface area contributed by atoms with Crippen molar-refractivity contribution in [1.82, 2.24) is 0 Å². The van der Waals surface area contributed by atoms with Crippen LogP contribution in [0.4, 0.5) is 0 Å². The summed E-state index contributed by atoms with van der Waals surface area (Å²) in [7, 11) is 0. The number of carboxylic acids is 1.